The van der Waals surface area contributed by atoms with Crippen LogP contribution in [0.4, 0.5) is 10.5 Å². The monoisotopic (exact) mass is 414 g/mol. The number of benzene rings is 3. The lowest BCUT2D eigenvalue weighted by Crippen LogP contribution is -2.34. The predicted molar refractivity (Wildman–Crippen MR) is 130 cm³/mol. The van der Waals surface area contributed by atoms with E-state index >= 15 is 0 Å². The number of urea groups is 1. The normalized spacial score (nSPS) is 10.7. The molecule has 3 aromatic carbocycles. The molecule has 0 unspecified atom stereocenters. The number of hydrogen-bond acceptors (Lipinski definition) is 1. The number of rotatable bonds is 8. The predicted octanol–water partition coefficient (Wildman–Crippen LogP) is 7.19. The highest BCUT2D eigenvalue weighted by atomic mass is 16.2. The lowest BCUT2D eigenvalue weighted by atomic mass is 10.0. The van der Waals surface area contributed by atoms with Crippen molar-refractivity contribution < 1.29 is 4.79 Å². The van der Waals surface area contributed by atoms with Gasteiger partial charge in [-0.25, -0.2) is 4.79 Å². The Morgan fingerprint density at radius 2 is 1.35 bits per heavy atom. The van der Waals surface area contributed by atoms with E-state index in [0.29, 0.717) is 13.1 Å². The Kier molecular flexibility index (Phi) is 7.88. The molecule has 3 nitrogen and oxygen atoms in total. The Bertz CT molecular complexity index is 994. The quantitative estimate of drug-likeness (QED) is 0.416. The van der Waals surface area contributed by atoms with Crippen LogP contribution in [0, 0.1) is 20.8 Å². The lowest BCUT2D eigenvalue weighted by molar-refractivity contribution is 0.206. The minimum atomic E-state index is -0.0785. The fourth-order valence-corrected chi connectivity index (χ4v) is 3.71. The van der Waals surface area contributed by atoms with Crippen LogP contribution in [0.15, 0.2) is 66.7 Å². The van der Waals surface area contributed by atoms with Gasteiger partial charge in [-0.05, 0) is 73.1 Å². The molecule has 0 saturated carbocycles. The molecule has 0 heterocycles. The van der Waals surface area contributed by atoms with Crippen molar-refractivity contribution in [3.05, 3.63) is 100 Å². The minimum Gasteiger partial charge on any atom is -0.316 e. The number of hydrogen-bond donors (Lipinski definition) is 1. The molecule has 0 saturated heterocycles. The van der Waals surface area contributed by atoms with E-state index in [-0.39, 0.29) is 6.03 Å². The maximum atomic E-state index is 13.3. The number of nitrogens with zero attached hydrogens (tertiary/aromatic N) is 1. The van der Waals surface area contributed by atoms with Gasteiger partial charge in [0.15, 0.2) is 0 Å². The van der Waals surface area contributed by atoms with E-state index in [4.69, 9.17) is 0 Å². The van der Waals surface area contributed by atoms with Gasteiger partial charge in [0.05, 0.1) is 0 Å². The molecule has 0 spiro atoms. The molecule has 0 fully saturated rings. The molecule has 3 heteroatoms. The van der Waals surface area contributed by atoms with Crippen molar-refractivity contribution in [3.8, 4) is 0 Å². The number of unbranched alkanes of at least 4 members (excludes halogenated alkanes) is 1. The smallest absolute Gasteiger partial charge is 0.316 e. The summed E-state index contributed by atoms with van der Waals surface area (Å²) >= 11 is 0. The first kappa shape index (κ1) is 22.6. The molecular formula is C28H34N2O. The highest BCUT2D eigenvalue weighted by Crippen LogP contribution is 2.21. The SMILES string of the molecule is CCCCc1ccc(CN(Cc2ccccc2)C(=O)Nc2cc(C)c(C)cc2C)cc1. The van der Waals surface area contributed by atoms with E-state index in [0.717, 1.165) is 28.8 Å². The van der Waals surface area contributed by atoms with E-state index in [2.05, 4.69) is 74.6 Å². The zero-order valence-electron chi connectivity index (χ0n) is 19.2. The zero-order valence-corrected chi connectivity index (χ0v) is 19.2. The maximum absolute atomic E-state index is 13.3. The number of carbonyl (C=O) groups is 1. The van der Waals surface area contributed by atoms with Crippen LogP contribution >= 0.6 is 0 Å². The van der Waals surface area contributed by atoms with Crippen LogP contribution < -0.4 is 5.32 Å². The van der Waals surface area contributed by atoms with Crippen molar-refractivity contribution in [2.45, 2.75) is 60.0 Å². The van der Waals surface area contributed by atoms with Crippen LogP contribution in [-0.2, 0) is 19.5 Å². The van der Waals surface area contributed by atoms with E-state index in [1.807, 2.05) is 30.0 Å². The van der Waals surface area contributed by atoms with Gasteiger partial charge < -0.3 is 10.2 Å². The van der Waals surface area contributed by atoms with Crippen LogP contribution in [-0.4, -0.2) is 10.9 Å². The molecule has 3 aromatic rings. The first-order valence-corrected chi connectivity index (χ1v) is 11.2. The standard InChI is InChI=1S/C28H34N2O/c1-5-6-10-24-13-15-26(16-14-24)20-30(19-25-11-8-7-9-12-25)28(31)29-27-18-22(3)21(2)17-23(27)4/h7-9,11-18H,5-6,10,19-20H2,1-4H3,(H,29,31). The summed E-state index contributed by atoms with van der Waals surface area (Å²) in [7, 11) is 0. The Balaban J connectivity index is 1.79. The van der Waals surface area contributed by atoms with Crippen molar-refractivity contribution >= 4 is 11.7 Å². The van der Waals surface area contributed by atoms with Crippen molar-refractivity contribution in [2.24, 2.45) is 0 Å². The molecule has 0 aromatic heterocycles. The molecule has 0 aliphatic rings. The summed E-state index contributed by atoms with van der Waals surface area (Å²) in [5.41, 5.74) is 7.99. The van der Waals surface area contributed by atoms with Gasteiger partial charge in [-0.15, -0.1) is 0 Å². The van der Waals surface area contributed by atoms with Crippen LogP contribution in [0.25, 0.3) is 0 Å². The topological polar surface area (TPSA) is 32.3 Å². The summed E-state index contributed by atoms with van der Waals surface area (Å²) in [6, 6.07) is 23.0. The fraction of sp³-hybridized carbons (Fsp3) is 0.321. The van der Waals surface area contributed by atoms with Gasteiger partial charge in [0.1, 0.15) is 0 Å². The van der Waals surface area contributed by atoms with Gasteiger partial charge in [0, 0.05) is 18.8 Å². The molecule has 3 rings (SSSR count). The number of amides is 2. The highest BCUT2D eigenvalue weighted by Gasteiger charge is 2.16. The molecule has 0 aliphatic heterocycles. The second kappa shape index (κ2) is 10.8. The summed E-state index contributed by atoms with van der Waals surface area (Å²) in [6.45, 7) is 9.56. The Hall–Kier alpha value is -3.07. The Labute approximate surface area is 187 Å². The average molecular weight is 415 g/mol. The van der Waals surface area contributed by atoms with Crippen LogP contribution in [0.3, 0.4) is 0 Å². The molecule has 0 aliphatic carbocycles. The molecular weight excluding hydrogens is 380 g/mol. The number of aryl methyl sites for hydroxylation is 4. The largest absolute Gasteiger partial charge is 0.322 e. The second-order valence-corrected chi connectivity index (χ2v) is 8.44. The molecule has 162 valence electrons. The first-order chi connectivity index (χ1) is 15.0. The maximum Gasteiger partial charge on any atom is 0.322 e. The summed E-state index contributed by atoms with van der Waals surface area (Å²) < 4.78 is 0. The number of anilines is 1. The summed E-state index contributed by atoms with van der Waals surface area (Å²) in [6.07, 6.45) is 3.51. The van der Waals surface area contributed by atoms with Gasteiger partial charge in [0.25, 0.3) is 0 Å². The Morgan fingerprint density at radius 1 is 0.774 bits per heavy atom. The van der Waals surface area contributed by atoms with E-state index in [9.17, 15) is 4.79 Å². The molecule has 0 radical (unpaired) electrons. The van der Waals surface area contributed by atoms with Gasteiger partial charge >= 0.3 is 6.03 Å². The number of nitrogens with one attached hydrogen (secondary N) is 1. The Morgan fingerprint density at radius 3 is 2.00 bits per heavy atom. The molecule has 0 atom stereocenters. The zero-order chi connectivity index (χ0) is 22.2. The summed E-state index contributed by atoms with van der Waals surface area (Å²) in [5, 5.41) is 3.15. The fourth-order valence-electron chi connectivity index (χ4n) is 3.71. The summed E-state index contributed by atoms with van der Waals surface area (Å²) in [4.78, 5) is 15.2. The van der Waals surface area contributed by atoms with Gasteiger partial charge in [-0.2, -0.15) is 0 Å². The minimum absolute atomic E-state index is 0.0785. The molecule has 0 bridgehead atoms. The van der Waals surface area contributed by atoms with Gasteiger partial charge in [-0.3, -0.25) is 0 Å². The third-order valence-corrected chi connectivity index (χ3v) is 5.80. The van der Waals surface area contributed by atoms with Crippen molar-refractivity contribution in [2.75, 3.05) is 5.32 Å². The first-order valence-electron chi connectivity index (χ1n) is 11.2. The van der Waals surface area contributed by atoms with E-state index in [1.54, 1.807) is 0 Å². The van der Waals surface area contributed by atoms with Gasteiger partial charge in [0.2, 0.25) is 0 Å². The average Bonchev–Trinajstić information content (AvgIpc) is 2.77. The third kappa shape index (κ3) is 6.45. The van der Waals surface area contributed by atoms with Crippen LogP contribution in [0.1, 0.15) is 53.1 Å². The van der Waals surface area contributed by atoms with E-state index in [1.165, 1.54) is 29.5 Å². The lowest BCUT2D eigenvalue weighted by Gasteiger charge is -2.24. The third-order valence-electron chi connectivity index (χ3n) is 5.80. The van der Waals surface area contributed by atoms with Crippen LogP contribution in [0.5, 0.6) is 0 Å². The van der Waals surface area contributed by atoms with E-state index < -0.39 is 0 Å². The van der Waals surface area contributed by atoms with Crippen LogP contribution in [0.2, 0.25) is 0 Å². The van der Waals surface area contributed by atoms with Crippen molar-refractivity contribution in [3.63, 3.8) is 0 Å². The highest BCUT2D eigenvalue weighted by molar-refractivity contribution is 5.90. The van der Waals surface area contributed by atoms with Crippen molar-refractivity contribution in [1.82, 2.24) is 4.90 Å². The molecule has 2 amide bonds. The van der Waals surface area contributed by atoms with Crippen molar-refractivity contribution in [1.29, 1.82) is 0 Å². The second-order valence-electron chi connectivity index (χ2n) is 8.44. The number of carbonyl (C=O) groups excluding carboxylic acids is 1. The molecule has 1 N–H and O–H groups in total. The van der Waals surface area contributed by atoms with Gasteiger partial charge in [-0.1, -0.05) is 74.0 Å². The molecule has 31 heavy (non-hydrogen) atoms. The summed E-state index contributed by atoms with van der Waals surface area (Å²) in [5.74, 6) is 0.